The average molecular weight is 249 g/mol. The van der Waals surface area contributed by atoms with Gasteiger partial charge in [0.15, 0.2) is 0 Å². The predicted molar refractivity (Wildman–Crippen MR) is 71.3 cm³/mol. The Bertz CT molecular complexity index is 325. The van der Waals surface area contributed by atoms with Gasteiger partial charge in [0.1, 0.15) is 6.33 Å². The minimum atomic E-state index is 0.357. The zero-order valence-corrected chi connectivity index (χ0v) is 11.1. The zero-order chi connectivity index (χ0) is 12.6. The number of nitrogens with one attached hydrogen (secondary N) is 1. The molecule has 2 rings (SSSR count). The molecule has 1 fully saturated rings. The van der Waals surface area contributed by atoms with Crippen LogP contribution in [0.25, 0.3) is 0 Å². The van der Waals surface area contributed by atoms with Crippen LogP contribution in [-0.4, -0.2) is 29.2 Å². The maximum absolute atomic E-state index is 5.68. The highest BCUT2D eigenvalue weighted by Crippen LogP contribution is 2.23. The molecule has 1 aromatic heterocycles. The zero-order valence-electron chi connectivity index (χ0n) is 11.1. The molecule has 1 aliphatic rings. The number of ether oxygens (including phenoxy) is 1. The number of rotatable bonds is 7. The first-order valence-corrected chi connectivity index (χ1v) is 7.00. The molecule has 100 valence electrons. The highest BCUT2D eigenvalue weighted by atomic mass is 16.5. The Morgan fingerprint density at radius 1 is 1.44 bits per heavy atom. The molecule has 1 N–H and O–H groups in total. The van der Waals surface area contributed by atoms with E-state index in [0.29, 0.717) is 12.1 Å². The maximum atomic E-state index is 5.68. The van der Waals surface area contributed by atoms with Crippen LogP contribution in [0.2, 0.25) is 0 Å². The van der Waals surface area contributed by atoms with E-state index in [0.717, 1.165) is 32.4 Å². The SMILES string of the molecule is CCCNC(CCC1CCCO1)c1cncnc1. The molecule has 0 aliphatic carbocycles. The summed E-state index contributed by atoms with van der Waals surface area (Å²) in [6.07, 6.45) is 11.7. The van der Waals surface area contributed by atoms with Gasteiger partial charge in [-0.05, 0) is 38.6 Å². The van der Waals surface area contributed by atoms with Gasteiger partial charge in [0.05, 0.1) is 6.10 Å². The molecular formula is C14H23N3O. The van der Waals surface area contributed by atoms with E-state index in [1.807, 2.05) is 12.4 Å². The van der Waals surface area contributed by atoms with Crippen LogP contribution in [0.15, 0.2) is 18.7 Å². The molecule has 1 aromatic rings. The summed E-state index contributed by atoms with van der Waals surface area (Å²) in [7, 11) is 0. The molecule has 2 unspecified atom stereocenters. The van der Waals surface area contributed by atoms with E-state index in [4.69, 9.17) is 4.74 Å². The fraction of sp³-hybridized carbons (Fsp3) is 0.714. The van der Waals surface area contributed by atoms with Crippen LogP contribution in [0.1, 0.15) is 50.6 Å². The molecule has 0 amide bonds. The molecule has 0 radical (unpaired) electrons. The first-order valence-electron chi connectivity index (χ1n) is 7.00. The number of nitrogens with zero attached hydrogens (tertiary/aromatic N) is 2. The standard InChI is InChI=1S/C14H23N3O/c1-2-7-17-14(12-9-15-11-16-10-12)6-5-13-4-3-8-18-13/h9-11,13-14,17H,2-8H2,1H3. The lowest BCUT2D eigenvalue weighted by Gasteiger charge is -2.20. The first-order chi connectivity index (χ1) is 8.90. The van der Waals surface area contributed by atoms with Crippen LogP contribution in [-0.2, 0) is 4.74 Å². The third-order valence-electron chi connectivity index (χ3n) is 3.42. The van der Waals surface area contributed by atoms with E-state index in [-0.39, 0.29) is 0 Å². The Morgan fingerprint density at radius 2 is 2.28 bits per heavy atom. The Morgan fingerprint density at radius 3 is 2.94 bits per heavy atom. The Hall–Kier alpha value is -1.00. The number of hydrogen-bond acceptors (Lipinski definition) is 4. The molecule has 0 bridgehead atoms. The van der Waals surface area contributed by atoms with Crippen LogP contribution >= 0.6 is 0 Å². The molecule has 4 heteroatoms. The largest absolute Gasteiger partial charge is 0.378 e. The first kappa shape index (κ1) is 13.4. The lowest BCUT2D eigenvalue weighted by molar-refractivity contribution is 0.0995. The van der Waals surface area contributed by atoms with Gasteiger partial charge in [-0.15, -0.1) is 0 Å². The second-order valence-electron chi connectivity index (χ2n) is 4.89. The summed E-state index contributed by atoms with van der Waals surface area (Å²) in [6.45, 7) is 4.16. The maximum Gasteiger partial charge on any atom is 0.115 e. The quantitative estimate of drug-likeness (QED) is 0.806. The van der Waals surface area contributed by atoms with Gasteiger partial charge in [0.2, 0.25) is 0 Å². The van der Waals surface area contributed by atoms with E-state index >= 15 is 0 Å². The van der Waals surface area contributed by atoms with Crippen molar-refractivity contribution >= 4 is 0 Å². The number of aromatic nitrogens is 2. The molecule has 0 spiro atoms. The van der Waals surface area contributed by atoms with Crippen molar-refractivity contribution in [2.75, 3.05) is 13.2 Å². The van der Waals surface area contributed by atoms with Crippen LogP contribution in [0.5, 0.6) is 0 Å². The van der Waals surface area contributed by atoms with Crippen molar-refractivity contribution in [3.05, 3.63) is 24.3 Å². The van der Waals surface area contributed by atoms with E-state index < -0.39 is 0 Å². The van der Waals surface area contributed by atoms with Gasteiger partial charge in [-0.2, -0.15) is 0 Å². The lowest BCUT2D eigenvalue weighted by atomic mass is 10.0. The smallest absolute Gasteiger partial charge is 0.115 e. The van der Waals surface area contributed by atoms with Crippen molar-refractivity contribution in [3.63, 3.8) is 0 Å². The summed E-state index contributed by atoms with van der Waals surface area (Å²) >= 11 is 0. The molecule has 4 nitrogen and oxygen atoms in total. The average Bonchev–Trinajstić information content (AvgIpc) is 2.93. The minimum Gasteiger partial charge on any atom is -0.378 e. The van der Waals surface area contributed by atoms with E-state index in [1.165, 1.54) is 18.4 Å². The van der Waals surface area contributed by atoms with Crippen LogP contribution in [0.3, 0.4) is 0 Å². The van der Waals surface area contributed by atoms with Gasteiger partial charge in [0, 0.05) is 30.6 Å². The second-order valence-corrected chi connectivity index (χ2v) is 4.89. The van der Waals surface area contributed by atoms with Crippen molar-refractivity contribution in [2.45, 2.75) is 51.2 Å². The van der Waals surface area contributed by atoms with Gasteiger partial charge in [-0.25, -0.2) is 9.97 Å². The molecule has 0 aromatic carbocycles. The minimum absolute atomic E-state index is 0.357. The third-order valence-corrected chi connectivity index (χ3v) is 3.42. The summed E-state index contributed by atoms with van der Waals surface area (Å²) in [5.41, 5.74) is 1.18. The van der Waals surface area contributed by atoms with Crippen LogP contribution in [0, 0.1) is 0 Å². The summed E-state index contributed by atoms with van der Waals surface area (Å²) in [4.78, 5) is 8.22. The van der Waals surface area contributed by atoms with E-state index in [2.05, 4.69) is 22.2 Å². The summed E-state index contributed by atoms with van der Waals surface area (Å²) < 4.78 is 5.68. The van der Waals surface area contributed by atoms with Crippen molar-refractivity contribution < 1.29 is 4.74 Å². The van der Waals surface area contributed by atoms with Crippen molar-refractivity contribution in [2.24, 2.45) is 0 Å². The van der Waals surface area contributed by atoms with E-state index in [1.54, 1.807) is 6.33 Å². The fourth-order valence-corrected chi connectivity index (χ4v) is 2.42. The topological polar surface area (TPSA) is 47.0 Å². The van der Waals surface area contributed by atoms with E-state index in [9.17, 15) is 0 Å². The molecule has 0 saturated carbocycles. The normalized spacial score (nSPS) is 21.1. The summed E-state index contributed by atoms with van der Waals surface area (Å²) in [5, 5.41) is 3.57. The Labute approximate surface area is 109 Å². The fourth-order valence-electron chi connectivity index (χ4n) is 2.42. The molecular weight excluding hydrogens is 226 g/mol. The molecule has 2 atom stereocenters. The highest BCUT2D eigenvalue weighted by Gasteiger charge is 2.18. The van der Waals surface area contributed by atoms with Crippen LogP contribution < -0.4 is 5.32 Å². The second kappa shape index (κ2) is 7.44. The van der Waals surface area contributed by atoms with Crippen molar-refractivity contribution in [1.29, 1.82) is 0 Å². The molecule has 1 aliphatic heterocycles. The molecule has 1 saturated heterocycles. The van der Waals surface area contributed by atoms with Gasteiger partial charge >= 0.3 is 0 Å². The number of hydrogen-bond donors (Lipinski definition) is 1. The monoisotopic (exact) mass is 249 g/mol. The summed E-state index contributed by atoms with van der Waals surface area (Å²) in [5.74, 6) is 0. The van der Waals surface area contributed by atoms with Gasteiger partial charge in [-0.3, -0.25) is 0 Å². The lowest BCUT2D eigenvalue weighted by Crippen LogP contribution is -2.23. The van der Waals surface area contributed by atoms with Crippen molar-refractivity contribution in [1.82, 2.24) is 15.3 Å². The third kappa shape index (κ3) is 4.03. The Balaban J connectivity index is 1.87. The predicted octanol–water partition coefficient (Wildman–Crippen LogP) is 2.48. The Kier molecular flexibility index (Phi) is 5.55. The molecule has 18 heavy (non-hydrogen) atoms. The molecule has 2 heterocycles. The summed E-state index contributed by atoms with van der Waals surface area (Å²) in [6, 6.07) is 0.357. The van der Waals surface area contributed by atoms with Crippen LogP contribution in [0.4, 0.5) is 0 Å². The van der Waals surface area contributed by atoms with Gasteiger partial charge in [0.25, 0.3) is 0 Å². The van der Waals surface area contributed by atoms with Crippen molar-refractivity contribution in [3.8, 4) is 0 Å². The van der Waals surface area contributed by atoms with Gasteiger partial charge < -0.3 is 10.1 Å². The highest BCUT2D eigenvalue weighted by molar-refractivity contribution is 5.09. The van der Waals surface area contributed by atoms with Gasteiger partial charge in [-0.1, -0.05) is 6.92 Å².